The molecule has 2 aliphatic rings. The van der Waals surface area contributed by atoms with Crippen LogP contribution in [0, 0.1) is 20.8 Å². The zero-order valence-electron chi connectivity index (χ0n) is 27.0. The first kappa shape index (κ1) is 32.6. The number of benzene rings is 2. The molecule has 2 fully saturated rings. The average Bonchev–Trinajstić information content (AvgIpc) is 2.94. The number of amides is 1. The minimum absolute atomic E-state index is 0.0555. The van der Waals surface area contributed by atoms with Gasteiger partial charge in [-0.1, -0.05) is 48.0 Å². The van der Waals surface area contributed by atoms with E-state index in [1.807, 2.05) is 51.1 Å². The summed E-state index contributed by atoms with van der Waals surface area (Å²) >= 11 is 0. The highest BCUT2D eigenvalue weighted by molar-refractivity contribution is 5.73. The van der Waals surface area contributed by atoms with Crippen LogP contribution < -0.4 is 0 Å². The molecule has 2 aromatic rings. The molecule has 0 bridgehead atoms. The molecule has 0 N–H and O–H groups in total. The van der Waals surface area contributed by atoms with Gasteiger partial charge < -0.3 is 23.8 Å². The quantitative estimate of drug-likeness (QED) is 0.219. The second-order valence-electron chi connectivity index (χ2n) is 13.2. The van der Waals surface area contributed by atoms with Crippen molar-refractivity contribution in [1.82, 2.24) is 4.90 Å². The molecule has 7 heteroatoms. The first-order valence-corrected chi connectivity index (χ1v) is 15.6. The van der Waals surface area contributed by atoms with Crippen molar-refractivity contribution in [2.45, 2.75) is 117 Å². The predicted octanol–water partition coefficient (Wildman–Crippen LogP) is 7.83. The van der Waals surface area contributed by atoms with Crippen LogP contribution in [0.1, 0.15) is 94.0 Å². The van der Waals surface area contributed by atoms with E-state index in [0.29, 0.717) is 39.0 Å². The number of carbonyl (C=O) groups is 2. The van der Waals surface area contributed by atoms with Gasteiger partial charge in [-0.2, -0.15) is 0 Å². The molecule has 1 saturated heterocycles. The van der Waals surface area contributed by atoms with E-state index in [1.165, 1.54) is 16.7 Å². The van der Waals surface area contributed by atoms with E-state index in [-0.39, 0.29) is 18.3 Å². The van der Waals surface area contributed by atoms with Gasteiger partial charge in [0.1, 0.15) is 18.0 Å². The standard InChI is InChI=1S/C36H49NO6/c1-25-21-26(2)32(27(3)22-25)28(4)33(40-23-29-11-9-8-10-12-29)36(41-24-38)17-13-30(14-18-36)42-31-15-19-37(20-16-31)34(39)43-35(5,6)7/h8-12,21-22,24,30-31H,13-20,23H2,1-7H3/b33-28-/t30-,36+. The Balaban J connectivity index is 1.50. The van der Waals surface area contributed by atoms with Crippen LogP contribution in [0.25, 0.3) is 5.57 Å². The zero-order valence-corrected chi connectivity index (χ0v) is 27.0. The van der Waals surface area contributed by atoms with Gasteiger partial charge in [0.25, 0.3) is 6.47 Å². The van der Waals surface area contributed by atoms with Crippen molar-refractivity contribution in [2.24, 2.45) is 0 Å². The van der Waals surface area contributed by atoms with Crippen LogP contribution in [-0.2, 0) is 30.3 Å². The van der Waals surface area contributed by atoms with Gasteiger partial charge in [0.15, 0.2) is 5.60 Å². The van der Waals surface area contributed by atoms with E-state index >= 15 is 0 Å². The fourth-order valence-electron chi connectivity index (χ4n) is 6.65. The summed E-state index contributed by atoms with van der Waals surface area (Å²) in [5.41, 5.74) is 5.38. The Morgan fingerprint density at radius 2 is 1.53 bits per heavy atom. The minimum atomic E-state index is -0.871. The number of likely N-dealkylation sites (tertiary alicyclic amines) is 1. The lowest BCUT2D eigenvalue weighted by Crippen LogP contribution is -2.46. The molecule has 0 radical (unpaired) electrons. The van der Waals surface area contributed by atoms with Crippen LogP contribution >= 0.6 is 0 Å². The van der Waals surface area contributed by atoms with E-state index < -0.39 is 11.2 Å². The Labute approximate surface area is 257 Å². The normalized spacial score (nSPS) is 22.0. The summed E-state index contributed by atoms with van der Waals surface area (Å²) in [6, 6.07) is 14.5. The molecule has 234 valence electrons. The summed E-state index contributed by atoms with van der Waals surface area (Å²) in [6.45, 7) is 16.3. The summed E-state index contributed by atoms with van der Waals surface area (Å²) in [5, 5.41) is 0. The molecule has 1 amide bonds. The lowest BCUT2D eigenvalue weighted by Gasteiger charge is -2.42. The summed E-state index contributed by atoms with van der Waals surface area (Å²) in [5.74, 6) is 0.725. The third kappa shape index (κ3) is 8.41. The first-order chi connectivity index (χ1) is 20.4. The highest BCUT2D eigenvalue weighted by Crippen LogP contribution is 2.43. The highest BCUT2D eigenvalue weighted by atomic mass is 16.6. The summed E-state index contributed by atoms with van der Waals surface area (Å²) in [7, 11) is 0. The van der Waals surface area contributed by atoms with Crippen molar-refractivity contribution >= 4 is 18.1 Å². The molecule has 7 nitrogen and oxygen atoms in total. The molecule has 1 aliphatic carbocycles. The Bertz CT molecular complexity index is 1260. The van der Waals surface area contributed by atoms with Crippen molar-refractivity contribution < 1.29 is 28.5 Å². The molecule has 1 heterocycles. The smallest absolute Gasteiger partial charge is 0.410 e. The number of ether oxygens (including phenoxy) is 4. The number of carbonyl (C=O) groups excluding carboxylic acids is 2. The molecular weight excluding hydrogens is 542 g/mol. The van der Waals surface area contributed by atoms with Crippen LogP contribution in [-0.4, -0.2) is 54.0 Å². The summed E-state index contributed by atoms with van der Waals surface area (Å²) in [6.07, 6.45) is 4.16. The SMILES string of the molecule is C/C(c1c(C)cc(C)cc1C)=C(/OCc1ccccc1)[C@]1(OC=O)CC[C@@H](OC2CCN(C(=O)OC(C)(C)C)CC2)CC1. The Morgan fingerprint density at radius 1 is 0.953 bits per heavy atom. The van der Waals surface area contributed by atoms with E-state index in [2.05, 4.69) is 39.8 Å². The maximum Gasteiger partial charge on any atom is 0.410 e. The lowest BCUT2D eigenvalue weighted by atomic mass is 9.78. The topological polar surface area (TPSA) is 74.3 Å². The van der Waals surface area contributed by atoms with Crippen LogP contribution in [0.5, 0.6) is 0 Å². The number of rotatable bonds is 9. The first-order valence-electron chi connectivity index (χ1n) is 15.6. The van der Waals surface area contributed by atoms with Gasteiger partial charge in [0.2, 0.25) is 0 Å². The highest BCUT2D eigenvalue weighted by Gasteiger charge is 2.44. The van der Waals surface area contributed by atoms with Crippen molar-refractivity contribution in [1.29, 1.82) is 0 Å². The second kappa shape index (κ2) is 14.0. The molecule has 1 saturated carbocycles. The molecule has 0 unspecified atom stereocenters. The van der Waals surface area contributed by atoms with E-state index in [4.69, 9.17) is 18.9 Å². The number of nitrogens with zero attached hydrogens (tertiary/aromatic N) is 1. The lowest BCUT2D eigenvalue weighted by molar-refractivity contribution is -0.153. The largest absolute Gasteiger partial charge is 0.489 e. The molecule has 43 heavy (non-hydrogen) atoms. The monoisotopic (exact) mass is 591 g/mol. The average molecular weight is 592 g/mol. The van der Waals surface area contributed by atoms with Crippen molar-refractivity contribution in [3.63, 3.8) is 0 Å². The van der Waals surface area contributed by atoms with Gasteiger partial charge in [-0.25, -0.2) is 4.79 Å². The molecule has 0 atom stereocenters. The van der Waals surface area contributed by atoms with Gasteiger partial charge in [0, 0.05) is 13.1 Å². The number of hydrogen-bond acceptors (Lipinski definition) is 6. The van der Waals surface area contributed by atoms with Crippen LogP contribution in [0.15, 0.2) is 48.2 Å². The van der Waals surface area contributed by atoms with Gasteiger partial charge in [0.05, 0.1) is 12.2 Å². The Morgan fingerprint density at radius 3 is 2.09 bits per heavy atom. The van der Waals surface area contributed by atoms with Crippen molar-refractivity contribution in [3.8, 4) is 0 Å². The minimum Gasteiger partial charge on any atom is -0.489 e. The number of piperidine rings is 1. The fraction of sp³-hybridized carbons (Fsp3) is 0.556. The molecule has 0 aromatic heterocycles. The van der Waals surface area contributed by atoms with Gasteiger partial charge in [-0.3, -0.25) is 4.79 Å². The van der Waals surface area contributed by atoms with Crippen LogP contribution in [0.3, 0.4) is 0 Å². The van der Waals surface area contributed by atoms with Crippen molar-refractivity contribution in [2.75, 3.05) is 13.1 Å². The number of hydrogen-bond donors (Lipinski definition) is 0. The number of aryl methyl sites for hydroxylation is 3. The van der Waals surface area contributed by atoms with E-state index in [0.717, 1.165) is 48.1 Å². The fourth-order valence-corrected chi connectivity index (χ4v) is 6.65. The molecule has 0 spiro atoms. The third-order valence-corrected chi connectivity index (χ3v) is 8.53. The molecule has 1 aliphatic heterocycles. The van der Waals surface area contributed by atoms with Crippen LogP contribution in [0.2, 0.25) is 0 Å². The summed E-state index contributed by atoms with van der Waals surface area (Å²) < 4.78 is 24.7. The molecular formula is C36H49NO6. The summed E-state index contributed by atoms with van der Waals surface area (Å²) in [4.78, 5) is 26.2. The maximum absolute atomic E-state index is 12.5. The van der Waals surface area contributed by atoms with Gasteiger partial charge in [-0.05, 0) is 115 Å². The number of allylic oxidation sites excluding steroid dienone is 1. The maximum atomic E-state index is 12.5. The van der Waals surface area contributed by atoms with E-state index in [1.54, 1.807) is 4.90 Å². The van der Waals surface area contributed by atoms with E-state index in [9.17, 15) is 9.59 Å². The Kier molecular flexibility index (Phi) is 10.6. The third-order valence-electron chi connectivity index (χ3n) is 8.53. The van der Waals surface area contributed by atoms with Gasteiger partial charge in [-0.15, -0.1) is 0 Å². The van der Waals surface area contributed by atoms with Gasteiger partial charge >= 0.3 is 6.09 Å². The van der Waals surface area contributed by atoms with Crippen molar-refractivity contribution in [3.05, 3.63) is 76.0 Å². The zero-order chi connectivity index (χ0) is 31.2. The Hall–Kier alpha value is -3.32. The second-order valence-corrected chi connectivity index (χ2v) is 13.2. The molecule has 4 rings (SSSR count). The van der Waals surface area contributed by atoms with Crippen LogP contribution in [0.4, 0.5) is 4.79 Å². The molecule has 2 aromatic carbocycles. The predicted molar refractivity (Wildman–Crippen MR) is 169 cm³/mol.